The average Bonchev–Trinajstić information content (AvgIpc) is 3.25. The van der Waals surface area contributed by atoms with Gasteiger partial charge in [-0.3, -0.25) is 0 Å². The highest BCUT2D eigenvalue weighted by atomic mass is 35.5. The van der Waals surface area contributed by atoms with Crippen LogP contribution in [0.4, 0.5) is 0 Å². The van der Waals surface area contributed by atoms with Gasteiger partial charge < -0.3 is 4.42 Å². The van der Waals surface area contributed by atoms with Crippen LogP contribution in [-0.2, 0) is 0 Å². The SMILES string of the molecule is Clc1ccc2c(c1)oc1c(-c3cccc4c3sc3ccccc34)cccc12. The molecule has 3 heteroatoms. The van der Waals surface area contributed by atoms with Crippen molar-refractivity contribution in [3.05, 3.63) is 83.9 Å². The number of hydrogen-bond donors (Lipinski definition) is 0. The van der Waals surface area contributed by atoms with E-state index in [1.807, 2.05) is 29.5 Å². The third kappa shape index (κ3) is 2.18. The van der Waals surface area contributed by atoms with Crippen LogP contribution < -0.4 is 0 Å². The molecule has 0 fully saturated rings. The fourth-order valence-corrected chi connectivity index (χ4v) is 5.34. The Morgan fingerprint density at radius 2 is 1.44 bits per heavy atom. The van der Waals surface area contributed by atoms with Crippen molar-refractivity contribution in [2.75, 3.05) is 0 Å². The van der Waals surface area contributed by atoms with Gasteiger partial charge in [0.25, 0.3) is 0 Å². The van der Waals surface area contributed by atoms with Gasteiger partial charge in [0, 0.05) is 53.2 Å². The van der Waals surface area contributed by atoms with Gasteiger partial charge in [-0.15, -0.1) is 11.3 Å². The van der Waals surface area contributed by atoms with Gasteiger partial charge in [0.05, 0.1) is 0 Å². The molecule has 0 amide bonds. The molecule has 6 aromatic rings. The van der Waals surface area contributed by atoms with Gasteiger partial charge in [-0.25, -0.2) is 0 Å². The zero-order valence-electron chi connectivity index (χ0n) is 14.2. The summed E-state index contributed by atoms with van der Waals surface area (Å²) >= 11 is 8.01. The molecule has 0 unspecified atom stereocenters. The quantitative estimate of drug-likeness (QED) is 0.278. The van der Waals surface area contributed by atoms with E-state index in [1.165, 1.54) is 25.7 Å². The van der Waals surface area contributed by atoms with Gasteiger partial charge in [0.15, 0.2) is 0 Å². The maximum Gasteiger partial charge on any atom is 0.143 e. The Labute approximate surface area is 164 Å². The van der Waals surface area contributed by atoms with E-state index >= 15 is 0 Å². The maximum absolute atomic E-state index is 6.26. The molecular formula is C24H13ClOS. The van der Waals surface area contributed by atoms with Crippen LogP contribution in [0.1, 0.15) is 0 Å². The molecule has 128 valence electrons. The topological polar surface area (TPSA) is 13.1 Å². The van der Waals surface area contributed by atoms with Crippen molar-refractivity contribution >= 4 is 65.0 Å². The molecule has 2 aromatic heterocycles. The number of halogens is 1. The molecule has 0 saturated heterocycles. The number of rotatable bonds is 1. The summed E-state index contributed by atoms with van der Waals surface area (Å²) in [6.07, 6.45) is 0. The molecule has 0 N–H and O–H groups in total. The fourth-order valence-electron chi connectivity index (χ4n) is 3.94. The zero-order valence-corrected chi connectivity index (χ0v) is 15.8. The number of thiophene rings is 1. The van der Waals surface area contributed by atoms with Crippen molar-refractivity contribution in [3.63, 3.8) is 0 Å². The molecule has 0 spiro atoms. The summed E-state index contributed by atoms with van der Waals surface area (Å²) in [5.41, 5.74) is 4.08. The first-order valence-corrected chi connectivity index (χ1v) is 10.0. The van der Waals surface area contributed by atoms with Gasteiger partial charge in [0.1, 0.15) is 11.2 Å². The summed E-state index contributed by atoms with van der Waals surface area (Å²) < 4.78 is 8.87. The van der Waals surface area contributed by atoms with E-state index in [2.05, 4.69) is 60.7 Å². The van der Waals surface area contributed by atoms with Crippen LogP contribution in [0.3, 0.4) is 0 Å². The number of benzene rings is 4. The van der Waals surface area contributed by atoms with Crippen molar-refractivity contribution in [1.29, 1.82) is 0 Å². The molecule has 0 atom stereocenters. The van der Waals surface area contributed by atoms with Crippen molar-refractivity contribution in [2.45, 2.75) is 0 Å². The van der Waals surface area contributed by atoms with Crippen LogP contribution in [0.2, 0.25) is 5.02 Å². The highest BCUT2D eigenvalue weighted by Crippen LogP contribution is 2.43. The Bertz CT molecular complexity index is 1490. The van der Waals surface area contributed by atoms with Crippen LogP contribution >= 0.6 is 22.9 Å². The molecular weight excluding hydrogens is 372 g/mol. The molecule has 2 heterocycles. The van der Waals surface area contributed by atoms with E-state index in [0.29, 0.717) is 5.02 Å². The van der Waals surface area contributed by atoms with E-state index in [4.69, 9.17) is 16.0 Å². The zero-order chi connectivity index (χ0) is 18.0. The van der Waals surface area contributed by atoms with E-state index in [-0.39, 0.29) is 0 Å². The van der Waals surface area contributed by atoms with Crippen LogP contribution in [0.15, 0.2) is 83.3 Å². The Kier molecular flexibility index (Phi) is 3.16. The van der Waals surface area contributed by atoms with Gasteiger partial charge in [-0.2, -0.15) is 0 Å². The molecule has 6 rings (SSSR count). The van der Waals surface area contributed by atoms with Crippen LogP contribution in [0.5, 0.6) is 0 Å². The second-order valence-electron chi connectivity index (χ2n) is 6.71. The standard InChI is InChI=1S/C24H13ClOS/c25-14-11-12-15-17-6-3-7-18(23(17)26-21(15)13-14)20-9-4-8-19-16-5-1-2-10-22(16)27-24(19)20/h1-13H. The molecule has 0 aliphatic rings. The first kappa shape index (κ1) is 15.3. The summed E-state index contributed by atoms with van der Waals surface area (Å²) in [5, 5.41) is 5.51. The molecule has 1 nitrogen and oxygen atoms in total. The number of hydrogen-bond acceptors (Lipinski definition) is 2. The summed E-state index contributed by atoms with van der Waals surface area (Å²) in [7, 11) is 0. The molecule has 0 radical (unpaired) electrons. The molecule has 0 aliphatic heterocycles. The molecule has 0 aliphatic carbocycles. The monoisotopic (exact) mass is 384 g/mol. The first-order chi connectivity index (χ1) is 13.3. The predicted molar refractivity (Wildman–Crippen MR) is 117 cm³/mol. The highest BCUT2D eigenvalue weighted by Gasteiger charge is 2.16. The van der Waals surface area contributed by atoms with Crippen LogP contribution in [-0.4, -0.2) is 0 Å². The van der Waals surface area contributed by atoms with Crippen molar-refractivity contribution in [1.82, 2.24) is 0 Å². The molecule has 0 saturated carbocycles. The van der Waals surface area contributed by atoms with E-state index in [9.17, 15) is 0 Å². The number of furan rings is 1. The van der Waals surface area contributed by atoms with Gasteiger partial charge in [-0.1, -0.05) is 66.2 Å². The third-order valence-electron chi connectivity index (χ3n) is 5.16. The summed E-state index contributed by atoms with van der Waals surface area (Å²) in [6, 6.07) is 27.3. The number of para-hydroxylation sites is 1. The second kappa shape index (κ2) is 5.59. The largest absolute Gasteiger partial charge is 0.455 e. The third-order valence-corrected chi connectivity index (χ3v) is 6.61. The number of fused-ring (bicyclic) bond motifs is 6. The van der Waals surface area contributed by atoms with Gasteiger partial charge in [-0.05, 0) is 18.2 Å². The predicted octanol–water partition coefficient (Wildman–Crippen LogP) is 8.27. The fraction of sp³-hybridized carbons (Fsp3) is 0. The maximum atomic E-state index is 6.26. The van der Waals surface area contributed by atoms with Crippen LogP contribution in [0, 0.1) is 0 Å². The molecule has 27 heavy (non-hydrogen) atoms. The Morgan fingerprint density at radius 3 is 2.37 bits per heavy atom. The molecule has 0 bridgehead atoms. The van der Waals surface area contributed by atoms with E-state index in [0.717, 1.165) is 27.5 Å². The van der Waals surface area contributed by atoms with Crippen molar-refractivity contribution in [2.24, 2.45) is 0 Å². The van der Waals surface area contributed by atoms with E-state index in [1.54, 1.807) is 0 Å². The van der Waals surface area contributed by atoms with Crippen molar-refractivity contribution in [3.8, 4) is 11.1 Å². The van der Waals surface area contributed by atoms with Crippen LogP contribution in [0.25, 0.3) is 53.2 Å². The summed E-state index contributed by atoms with van der Waals surface area (Å²) in [5.74, 6) is 0. The van der Waals surface area contributed by atoms with E-state index < -0.39 is 0 Å². The Hall–Kier alpha value is -2.81. The second-order valence-corrected chi connectivity index (χ2v) is 8.19. The Balaban J connectivity index is 1.74. The normalized spacial score (nSPS) is 11.9. The lowest BCUT2D eigenvalue weighted by Gasteiger charge is -2.04. The van der Waals surface area contributed by atoms with Gasteiger partial charge >= 0.3 is 0 Å². The highest BCUT2D eigenvalue weighted by molar-refractivity contribution is 7.26. The lowest BCUT2D eigenvalue weighted by molar-refractivity contribution is 0.670. The molecule has 4 aromatic carbocycles. The minimum Gasteiger partial charge on any atom is -0.455 e. The minimum atomic E-state index is 0.690. The average molecular weight is 385 g/mol. The lowest BCUT2D eigenvalue weighted by atomic mass is 10.0. The summed E-state index contributed by atoms with van der Waals surface area (Å²) in [4.78, 5) is 0. The summed E-state index contributed by atoms with van der Waals surface area (Å²) in [6.45, 7) is 0. The first-order valence-electron chi connectivity index (χ1n) is 8.81. The minimum absolute atomic E-state index is 0.690. The smallest absolute Gasteiger partial charge is 0.143 e. The van der Waals surface area contributed by atoms with Crippen molar-refractivity contribution < 1.29 is 4.42 Å². The Morgan fingerprint density at radius 1 is 0.667 bits per heavy atom. The lowest BCUT2D eigenvalue weighted by Crippen LogP contribution is -1.79. The van der Waals surface area contributed by atoms with Gasteiger partial charge in [0.2, 0.25) is 0 Å².